The first-order chi connectivity index (χ1) is 14.9. The van der Waals surface area contributed by atoms with E-state index < -0.39 is 37.8 Å². The lowest BCUT2D eigenvalue weighted by Gasteiger charge is -2.39. The number of amides is 1. The number of hydrogen-bond donors (Lipinski definition) is 1. The molecule has 0 bridgehead atoms. The Morgan fingerprint density at radius 2 is 2.00 bits per heavy atom. The van der Waals surface area contributed by atoms with Crippen LogP contribution in [0.2, 0.25) is 25.7 Å². The lowest BCUT2D eigenvalue weighted by atomic mass is 9.86. The number of rotatable bonds is 9. The number of ether oxygens (including phenoxy) is 4. The Bertz CT molecular complexity index is 701. The predicted octanol–water partition coefficient (Wildman–Crippen LogP) is 3.99. The van der Waals surface area contributed by atoms with E-state index in [0.29, 0.717) is 31.4 Å². The number of carbonyl (C=O) groups excluding carboxylic acids is 3. The van der Waals surface area contributed by atoms with Crippen LogP contribution in [0.5, 0.6) is 0 Å². The van der Waals surface area contributed by atoms with Crippen LogP contribution in [0, 0.1) is 0 Å². The molecule has 0 aliphatic carbocycles. The van der Waals surface area contributed by atoms with Gasteiger partial charge in [0.15, 0.2) is 6.10 Å². The summed E-state index contributed by atoms with van der Waals surface area (Å²) in [6.45, 7) is 18.2. The van der Waals surface area contributed by atoms with Gasteiger partial charge in [-0.1, -0.05) is 45.8 Å². The van der Waals surface area contributed by atoms with E-state index in [-0.39, 0.29) is 25.3 Å². The van der Waals surface area contributed by atoms with E-state index in [1.165, 1.54) is 0 Å². The van der Waals surface area contributed by atoms with Crippen molar-refractivity contribution in [2.75, 3.05) is 26.4 Å². The van der Waals surface area contributed by atoms with Gasteiger partial charge in [-0.3, -0.25) is 0 Å². The molecule has 0 aromatic carbocycles. The van der Waals surface area contributed by atoms with Gasteiger partial charge < -0.3 is 24.3 Å². The summed E-state index contributed by atoms with van der Waals surface area (Å²) in [6, 6.07) is 1.09. The van der Waals surface area contributed by atoms with Gasteiger partial charge in [0, 0.05) is 25.8 Å². The van der Waals surface area contributed by atoms with Crippen LogP contribution in [-0.4, -0.2) is 64.2 Å². The zero-order chi connectivity index (χ0) is 24.4. The lowest BCUT2D eigenvalue weighted by molar-refractivity contribution is -0.164. The van der Waals surface area contributed by atoms with Crippen molar-refractivity contribution >= 4 is 26.1 Å². The van der Waals surface area contributed by atoms with Crippen LogP contribution in [0.1, 0.15) is 39.5 Å². The van der Waals surface area contributed by atoms with Gasteiger partial charge in [0.1, 0.15) is 18.8 Å². The molecule has 9 heteroatoms. The standard InChI is InChI=1S/C23H39NO7Si/c1-8-23(30-13-9-15-32(5,6)7)11-10-18(4)21(26)28-14-12-24-22(27)31-19(23)16-29-20(25)17(2)3/h19H,2,4,8-16H2,1,3,5-7H3,(H,24,27). The SMILES string of the molecule is C=C(C)C(=O)OCC1OC(=O)NCCOC(=O)C(=C)CCC1(CC)OCCC[Si](C)(C)C. The zero-order valence-corrected chi connectivity index (χ0v) is 21.2. The van der Waals surface area contributed by atoms with E-state index in [2.05, 4.69) is 38.1 Å². The number of esters is 2. The van der Waals surface area contributed by atoms with E-state index in [4.69, 9.17) is 18.9 Å². The molecule has 0 aromatic heterocycles. The number of cyclic esters (lactones) is 2. The monoisotopic (exact) mass is 469 g/mol. The van der Waals surface area contributed by atoms with E-state index in [0.717, 1.165) is 12.5 Å². The van der Waals surface area contributed by atoms with Gasteiger partial charge in [-0.15, -0.1) is 0 Å². The van der Waals surface area contributed by atoms with Crippen molar-refractivity contribution < 1.29 is 33.3 Å². The topological polar surface area (TPSA) is 100 Å². The molecular formula is C23H39NO7Si. The van der Waals surface area contributed by atoms with Crippen molar-refractivity contribution in [1.29, 1.82) is 0 Å². The molecule has 1 rings (SSSR count). The number of hydrogen-bond acceptors (Lipinski definition) is 7. The van der Waals surface area contributed by atoms with Crippen molar-refractivity contribution in [2.45, 2.75) is 76.9 Å². The maximum absolute atomic E-state index is 12.4. The molecule has 2 atom stereocenters. The minimum absolute atomic E-state index is 0.00831. The molecule has 1 saturated heterocycles. The van der Waals surface area contributed by atoms with Gasteiger partial charge in [-0.05, 0) is 32.6 Å². The maximum Gasteiger partial charge on any atom is 0.407 e. The second-order valence-electron chi connectivity index (χ2n) is 9.37. The molecule has 0 spiro atoms. The van der Waals surface area contributed by atoms with Crippen LogP contribution in [0.15, 0.2) is 24.3 Å². The van der Waals surface area contributed by atoms with Crippen LogP contribution < -0.4 is 5.32 Å². The highest BCUT2D eigenvalue weighted by molar-refractivity contribution is 6.76. The summed E-state index contributed by atoms with van der Waals surface area (Å²) in [6.07, 6.45) is 0.436. The first-order valence-electron chi connectivity index (χ1n) is 11.2. The normalized spacial score (nSPS) is 23.2. The molecule has 2 unspecified atom stereocenters. The predicted molar refractivity (Wildman–Crippen MR) is 125 cm³/mol. The lowest BCUT2D eigenvalue weighted by Crippen LogP contribution is -2.51. The van der Waals surface area contributed by atoms with E-state index in [9.17, 15) is 14.4 Å². The van der Waals surface area contributed by atoms with Gasteiger partial charge in [-0.2, -0.15) is 0 Å². The largest absolute Gasteiger partial charge is 0.460 e. The second-order valence-corrected chi connectivity index (χ2v) is 15.0. The average molecular weight is 470 g/mol. The molecule has 1 aliphatic heterocycles. The first kappa shape index (κ1) is 27.9. The fourth-order valence-corrected chi connectivity index (χ4v) is 4.52. The maximum atomic E-state index is 12.4. The van der Waals surface area contributed by atoms with Crippen LogP contribution in [0.4, 0.5) is 4.79 Å². The summed E-state index contributed by atoms with van der Waals surface area (Å²) in [5.74, 6) is -1.08. The van der Waals surface area contributed by atoms with E-state index in [1.807, 2.05) is 6.92 Å². The Morgan fingerprint density at radius 1 is 1.31 bits per heavy atom. The average Bonchev–Trinajstić information content (AvgIpc) is 2.71. The summed E-state index contributed by atoms with van der Waals surface area (Å²) in [7, 11) is -1.24. The van der Waals surface area contributed by atoms with Gasteiger partial charge in [-0.25, -0.2) is 14.4 Å². The number of carbonyl (C=O) groups is 3. The summed E-state index contributed by atoms with van der Waals surface area (Å²) >= 11 is 0. The molecule has 8 nitrogen and oxygen atoms in total. The van der Waals surface area contributed by atoms with Crippen molar-refractivity contribution in [1.82, 2.24) is 5.32 Å². The molecule has 0 saturated carbocycles. The van der Waals surface area contributed by atoms with E-state index >= 15 is 0 Å². The highest BCUT2D eigenvalue weighted by atomic mass is 28.3. The summed E-state index contributed by atoms with van der Waals surface area (Å²) < 4.78 is 22.5. The Kier molecular flexibility index (Phi) is 11.2. The van der Waals surface area contributed by atoms with Crippen LogP contribution in [0.25, 0.3) is 0 Å². The Morgan fingerprint density at radius 3 is 2.59 bits per heavy atom. The highest BCUT2D eigenvalue weighted by Crippen LogP contribution is 2.32. The van der Waals surface area contributed by atoms with Crippen LogP contribution >= 0.6 is 0 Å². The molecule has 1 fully saturated rings. The molecule has 32 heavy (non-hydrogen) atoms. The minimum Gasteiger partial charge on any atom is -0.460 e. The first-order valence-corrected chi connectivity index (χ1v) is 14.9. The Balaban J connectivity index is 3.16. The molecular weight excluding hydrogens is 430 g/mol. The Hall–Kier alpha value is -2.13. The quantitative estimate of drug-likeness (QED) is 0.179. The molecule has 1 N–H and O–H groups in total. The third-order valence-electron chi connectivity index (χ3n) is 5.35. The fraction of sp³-hybridized carbons (Fsp3) is 0.696. The minimum atomic E-state index is -1.24. The summed E-state index contributed by atoms with van der Waals surface area (Å²) in [5, 5.41) is 2.55. The highest BCUT2D eigenvalue weighted by Gasteiger charge is 2.42. The van der Waals surface area contributed by atoms with Crippen molar-refractivity contribution in [3.05, 3.63) is 24.3 Å². The van der Waals surface area contributed by atoms with Crippen LogP contribution in [-0.2, 0) is 28.5 Å². The molecule has 182 valence electrons. The third kappa shape index (κ3) is 9.56. The van der Waals surface area contributed by atoms with Gasteiger partial charge in [0.2, 0.25) is 0 Å². The van der Waals surface area contributed by atoms with Crippen molar-refractivity contribution in [3.8, 4) is 0 Å². The third-order valence-corrected chi connectivity index (χ3v) is 7.21. The molecule has 1 heterocycles. The number of alkyl carbamates (subject to hydrolysis) is 1. The molecule has 0 aromatic rings. The van der Waals surface area contributed by atoms with Gasteiger partial charge in [0.05, 0.1) is 6.54 Å². The molecule has 1 amide bonds. The fourth-order valence-electron chi connectivity index (χ4n) is 3.31. The molecule has 0 radical (unpaired) electrons. The Labute approximate surface area is 192 Å². The summed E-state index contributed by atoms with van der Waals surface area (Å²) in [5.41, 5.74) is -0.399. The van der Waals surface area contributed by atoms with Gasteiger partial charge >= 0.3 is 18.0 Å². The summed E-state index contributed by atoms with van der Waals surface area (Å²) in [4.78, 5) is 36.6. The van der Waals surface area contributed by atoms with E-state index in [1.54, 1.807) is 6.92 Å². The van der Waals surface area contributed by atoms with Crippen molar-refractivity contribution in [2.24, 2.45) is 0 Å². The van der Waals surface area contributed by atoms with Gasteiger partial charge in [0.25, 0.3) is 0 Å². The second kappa shape index (κ2) is 12.8. The zero-order valence-electron chi connectivity index (χ0n) is 20.2. The smallest absolute Gasteiger partial charge is 0.407 e. The van der Waals surface area contributed by atoms with Crippen LogP contribution in [0.3, 0.4) is 0 Å². The number of nitrogens with one attached hydrogen (secondary N) is 1. The van der Waals surface area contributed by atoms with Crippen molar-refractivity contribution in [3.63, 3.8) is 0 Å². The molecule has 1 aliphatic rings.